The maximum atomic E-state index is 12.4. The molecule has 1 N–H and O–H groups in total. The van der Waals surface area contributed by atoms with E-state index in [0.29, 0.717) is 44.3 Å². The summed E-state index contributed by atoms with van der Waals surface area (Å²) in [7, 11) is 3.41. The molecule has 3 rings (SSSR count). The van der Waals surface area contributed by atoms with Crippen LogP contribution in [0.15, 0.2) is 48.9 Å². The lowest BCUT2D eigenvalue weighted by molar-refractivity contribution is -0.126. The lowest BCUT2D eigenvalue weighted by Gasteiger charge is -2.27. The summed E-state index contributed by atoms with van der Waals surface area (Å²) in [6, 6.07) is 9.06. The Labute approximate surface area is 199 Å². The number of carbonyl (C=O) groups is 3. The number of aromatic nitrogens is 4. The van der Waals surface area contributed by atoms with Gasteiger partial charge in [0.25, 0.3) is 0 Å². The number of benzene rings is 1. The molecule has 1 aromatic carbocycles. The molecule has 2 heterocycles. The zero-order valence-electron chi connectivity index (χ0n) is 19.6. The number of likely N-dealkylation sites (N-methyl/N-ethyl adjacent to an activating group) is 2. The number of hydrogen-bond acceptors (Lipinski definition) is 7. The first-order chi connectivity index (χ1) is 16.5. The summed E-state index contributed by atoms with van der Waals surface area (Å²) >= 11 is 0. The molecule has 0 bridgehead atoms. The summed E-state index contributed by atoms with van der Waals surface area (Å²) in [5.74, 6) is -0.153. The number of pyridine rings is 1. The Hall–Kier alpha value is -3.72. The molecule has 9 heteroatoms. The van der Waals surface area contributed by atoms with Gasteiger partial charge in [0.05, 0.1) is 18.3 Å². The van der Waals surface area contributed by atoms with Gasteiger partial charge in [0.15, 0.2) is 0 Å². The molecule has 0 fully saturated rings. The highest BCUT2D eigenvalue weighted by molar-refractivity contribution is 5.82. The third-order valence-electron chi connectivity index (χ3n) is 5.79. The summed E-state index contributed by atoms with van der Waals surface area (Å²) in [5.41, 5.74) is 4.39. The third kappa shape index (κ3) is 6.64. The highest BCUT2D eigenvalue weighted by Crippen LogP contribution is 2.20. The Morgan fingerprint density at radius 1 is 1.21 bits per heavy atom. The number of carbonyl (C=O) groups excluding carboxylic acids is 3. The van der Waals surface area contributed by atoms with E-state index in [1.807, 2.05) is 42.4 Å². The molecule has 1 amide bonds. The Morgan fingerprint density at radius 2 is 2.06 bits per heavy atom. The number of nitrogens with one attached hydrogen (secondary N) is 1. The van der Waals surface area contributed by atoms with Gasteiger partial charge in [-0.05, 0) is 49.1 Å². The predicted molar refractivity (Wildman–Crippen MR) is 127 cm³/mol. The molecule has 3 aromatic rings. The number of aryl methyl sites for hydroxylation is 2. The molecule has 34 heavy (non-hydrogen) atoms. The lowest BCUT2D eigenvalue weighted by Crippen LogP contribution is -2.44. The average Bonchev–Trinajstić information content (AvgIpc) is 3.31. The number of amides is 1. The first kappa shape index (κ1) is 24.9. The molecule has 0 saturated heterocycles. The Morgan fingerprint density at radius 3 is 2.76 bits per heavy atom. The molecule has 0 aliphatic carbocycles. The summed E-state index contributed by atoms with van der Waals surface area (Å²) in [4.78, 5) is 41.0. The Bertz CT molecular complexity index is 1100. The van der Waals surface area contributed by atoms with E-state index >= 15 is 0 Å². The second-order valence-corrected chi connectivity index (χ2v) is 8.16. The van der Waals surface area contributed by atoms with Gasteiger partial charge in [-0.25, -0.2) is 4.68 Å². The number of rotatable bonds is 13. The van der Waals surface area contributed by atoms with Gasteiger partial charge < -0.3 is 10.1 Å². The van der Waals surface area contributed by atoms with Crippen LogP contribution in [0.2, 0.25) is 0 Å². The van der Waals surface area contributed by atoms with Crippen molar-refractivity contribution < 1.29 is 14.4 Å². The van der Waals surface area contributed by atoms with Crippen molar-refractivity contribution in [2.24, 2.45) is 0 Å². The van der Waals surface area contributed by atoms with Gasteiger partial charge in [-0.3, -0.25) is 19.5 Å². The van der Waals surface area contributed by atoms with Crippen LogP contribution in [0.25, 0.3) is 0 Å². The van der Waals surface area contributed by atoms with Crippen LogP contribution >= 0.6 is 0 Å². The second-order valence-electron chi connectivity index (χ2n) is 8.16. The molecule has 0 saturated carbocycles. The van der Waals surface area contributed by atoms with Gasteiger partial charge in [-0.1, -0.05) is 29.5 Å². The predicted octanol–water partition coefficient (Wildman–Crippen LogP) is 1.84. The van der Waals surface area contributed by atoms with Crippen LogP contribution < -0.4 is 5.32 Å². The minimum atomic E-state index is -0.463. The van der Waals surface area contributed by atoms with Crippen LogP contribution in [-0.4, -0.2) is 63.5 Å². The van der Waals surface area contributed by atoms with Crippen LogP contribution in [0.1, 0.15) is 45.6 Å². The molecule has 1 atom stereocenters. The van der Waals surface area contributed by atoms with Crippen LogP contribution in [0.3, 0.4) is 0 Å². The van der Waals surface area contributed by atoms with Crippen molar-refractivity contribution in [1.29, 1.82) is 0 Å². The van der Waals surface area contributed by atoms with E-state index in [0.717, 1.165) is 35.0 Å². The van der Waals surface area contributed by atoms with Crippen molar-refractivity contribution in [2.75, 3.05) is 14.1 Å². The van der Waals surface area contributed by atoms with E-state index in [9.17, 15) is 14.4 Å². The average molecular weight is 463 g/mol. The van der Waals surface area contributed by atoms with Gasteiger partial charge in [0.2, 0.25) is 5.91 Å². The largest absolute Gasteiger partial charge is 0.358 e. The topological polar surface area (TPSA) is 110 Å². The molecule has 0 aliphatic heterocycles. The summed E-state index contributed by atoms with van der Waals surface area (Å²) < 4.78 is 1.78. The van der Waals surface area contributed by atoms with E-state index in [1.54, 1.807) is 30.2 Å². The fraction of sp³-hybridized carbons (Fsp3) is 0.360. The normalized spacial score (nSPS) is 11.9. The van der Waals surface area contributed by atoms with Crippen LogP contribution in [0.4, 0.5) is 0 Å². The van der Waals surface area contributed by atoms with E-state index in [2.05, 4.69) is 20.6 Å². The van der Waals surface area contributed by atoms with Gasteiger partial charge in [-0.2, -0.15) is 0 Å². The summed E-state index contributed by atoms with van der Waals surface area (Å²) in [5, 5.41) is 11.2. The highest BCUT2D eigenvalue weighted by atomic mass is 16.2. The summed E-state index contributed by atoms with van der Waals surface area (Å²) in [6.07, 6.45) is 9.16. The van der Waals surface area contributed by atoms with Crippen molar-refractivity contribution in [2.45, 2.75) is 44.8 Å². The first-order valence-corrected chi connectivity index (χ1v) is 11.2. The van der Waals surface area contributed by atoms with Crippen LogP contribution in [0, 0.1) is 0 Å². The fourth-order valence-corrected chi connectivity index (χ4v) is 3.97. The van der Waals surface area contributed by atoms with Crippen molar-refractivity contribution in [3.8, 4) is 0 Å². The first-order valence-electron chi connectivity index (χ1n) is 11.2. The van der Waals surface area contributed by atoms with E-state index < -0.39 is 6.04 Å². The minimum Gasteiger partial charge on any atom is -0.358 e. The van der Waals surface area contributed by atoms with E-state index in [-0.39, 0.29) is 5.91 Å². The number of aldehydes is 2. The monoisotopic (exact) mass is 462 g/mol. The molecule has 178 valence electrons. The Kier molecular flexibility index (Phi) is 9.16. The zero-order valence-corrected chi connectivity index (χ0v) is 19.6. The third-order valence-corrected chi connectivity index (χ3v) is 5.79. The highest BCUT2D eigenvalue weighted by Gasteiger charge is 2.23. The number of nitrogens with zero attached hydrogens (tertiary/aromatic N) is 5. The van der Waals surface area contributed by atoms with Crippen molar-refractivity contribution in [3.05, 3.63) is 76.9 Å². The summed E-state index contributed by atoms with van der Waals surface area (Å²) in [6.45, 7) is 1.01. The van der Waals surface area contributed by atoms with Crippen molar-refractivity contribution >= 4 is 18.5 Å². The molecule has 0 radical (unpaired) electrons. The standard InChI is InChI=1S/C25H30N6O3/c1-26-25(34)24(9-5-13-32)30(2)17-23-20(7-3-8-21(23)18-33)10-11-22-16-31(29-28-22)15-19-6-4-12-27-14-19/h3-4,6-8,12-14,16,18,24H,5,9-11,15,17H2,1-2H3,(H,26,34). The molecular formula is C25H30N6O3. The van der Waals surface area contributed by atoms with E-state index in [4.69, 9.17) is 0 Å². The maximum Gasteiger partial charge on any atom is 0.237 e. The Balaban J connectivity index is 1.72. The number of hydrogen-bond donors (Lipinski definition) is 1. The van der Waals surface area contributed by atoms with Gasteiger partial charge in [0.1, 0.15) is 12.6 Å². The molecule has 0 aliphatic rings. The molecule has 9 nitrogen and oxygen atoms in total. The zero-order chi connectivity index (χ0) is 24.3. The minimum absolute atomic E-state index is 0.153. The smallest absolute Gasteiger partial charge is 0.237 e. The van der Waals surface area contributed by atoms with Crippen LogP contribution in [0.5, 0.6) is 0 Å². The van der Waals surface area contributed by atoms with Gasteiger partial charge in [0, 0.05) is 44.2 Å². The molecule has 0 spiro atoms. The SMILES string of the molecule is CNC(=O)C(CCC=O)N(C)Cc1c(C=O)cccc1CCc1cn(Cc2cccnc2)nn1. The molecule has 1 unspecified atom stereocenters. The molecule has 2 aromatic heterocycles. The van der Waals surface area contributed by atoms with Gasteiger partial charge in [-0.15, -0.1) is 5.10 Å². The fourth-order valence-electron chi connectivity index (χ4n) is 3.97. The second kappa shape index (κ2) is 12.5. The molecular weight excluding hydrogens is 432 g/mol. The van der Waals surface area contributed by atoms with Crippen LogP contribution in [-0.2, 0) is 35.5 Å². The lowest BCUT2D eigenvalue weighted by atomic mass is 9.96. The quantitative estimate of drug-likeness (QED) is 0.386. The van der Waals surface area contributed by atoms with Crippen molar-refractivity contribution in [1.82, 2.24) is 30.2 Å². The van der Waals surface area contributed by atoms with E-state index in [1.165, 1.54) is 0 Å². The maximum absolute atomic E-state index is 12.4. The van der Waals surface area contributed by atoms with Gasteiger partial charge >= 0.3 is 0 Å². The van der Waals surface area contributed by atoms with Crippen molar-refractivity contribution in [3.63, 3.8) is 0 Å².